The van der Waals surface area contributed by atoms with Gasteiger partial charge in [-0.05, 0) is 22.0 Å². The van der Waals surface area contributed by atoms with E-state index in [4.69, 9.17) is 4.74 Å². The molecule has 0 saturated heterocycles. The predicted octanol–water partition coefficient (Wildman–Crippen LogP) is 1.54. The van der Waals surface area contributed by atoms with E-state index in [1.807, 2.05) is 0 Å². The standard InChI is InChI=1S/C10H13BrO4S/c1-15-10-7(4-3-5-8(10)11)9(12)6-16(2,13)14/h3-5,9,12H,6H2,1-2H3. The van der Waals surface area contributed by atoms with Crippen LogP contribution in [0.25, 0.3) is 0 Å². The molecule has 1 unspecified atom stereocenters. The largest absolute Gasteiger partial charge is 0.495 e. The van der Waals surface area contributed by atoms with Crippen molar-refractivity contribution in [3.8, 4) is 5.75 Å². The molecule has 0 heterocycles. The Morgan fingerprint density at radius 1 is 1.50 bits per heavy atom. The van der Waals surface area contributed by atoms with Crippen LogP contribution in [0.1, 0.15) is 11.7 Å². The highest BCUT2D eigenvalue weighted by Crippen LogP contribution is 2.33. The molecule has 1 aromatic carbocycles. The van der Waals surface area contributed by atoms with Gasteiger partial charge in [-0.25, -0.2) is 8.42 Å². The van der Waals surface area contributed by atoms with Gasteiger partial charge in [0, 0.05) is 11.8 Å². The molecular formula is C10H13BrO4S. The van der Waals surface area contributed by atoms with Crippen LogP contribution < -0.4 is 4.74 Å². The first-order chi connectivity index (χ1) is 7.35. The maximum atomic E-state index is 11.1. The van der Waals surface area contributed by atoms with Crippen molar-refractivity contribution in [1.82, 2.24) is 0 Å². The summed E-state index contributed by atoms with van der Waals surface area (Å²) in [6.45, 7) is 0. The second-order valence-corrected chi connectivity index (χ2v) is 6.51. The minimum atomic E-state index is -3.23. The van der Waals surface area contributed by atoms with Gasteiger partial charge in [0.1, 0.15) is 15.6 Å². The molecule has 6 heteroatoms. The Morgan fingerprint density at radius 3 is 2.62 bits per heavy atom. The third-order valence-corrected chi connectivity index (χ3v) is 3.57. The molecule has 0 amide bonds. The molecule has 0 aliphatic heterocycles. The number of methoxy groups -OCH3 is 1. The number of hydrogen-bond acceptors (Lipinski definition) is 4. The highest BCUT2D eigenvalue weighted by molar-refractivity contribution is 9.10. The van der Waals surface area contributed by atoms with Gasteiger partial charge in [-0.1, -0.05) is 12.1 Å². The Labute approximate surface area is 103 Å². The second-order valence-electron chi connectivity index (χ2n) is 3.47. The van der Waals surface area contributed by atoms with Crippen molar-refractivity contribution in [2.75, 3.05) is 19.1 Å². The fourth-order valence-corrected chi connectivity index (χ4v) is 2.68. The zero-order valence-electron chi connectivity index (χ0n) is 8.97. The third kappa shape index (κ3) is 3.47. The smallest absolute Gasteiger partial charge is 0.150 e. The maximum absolute atomic E-state index is 11.1. The van der Waals surface area contributed by atoms with Crippen molar-refractivity contribution in [2.24, 2.45) is 0 Å². The fourth-order valence-electron chi connectivity index (χ4n) is 1.38. The summed E-state index contributed by atoms with van der Waals surface area (Å²) in [5.74, 6) is 0.137. The van der Waals surface area contributed by atoms with Gasteiger partial charge in [-0.3, -0.25) is 0 Å². The number of benzene rings is 1. The van der Waals surface area contributed by atoms with Crippen LogP contribution in [-0.2, 0) is 9.84 Å². The minimum absolute atomic E-state index is 0.320. The van der Waals surface area contributed by atoms with Crippen LogP contribution in [0.5, 0.6) is 5.75 Å². The number of hydrogen-bond donors (Lipinski definition) is 1. The molecular weight excluding hydrogens is 296 g/mol. The van der Waals surface area contributed by atoms with Crippen LogP contribution in [0.15, 0.2) is 22.7 Å². The van der Waals surface area contributed by atoms with Crippen molar-refractivity contribution in [3.05, 3.63) is 28.2 Å². The molecule has 1 atom stereocenters. The van der Waals surface area contributed by atoms with Crippen LogP contribution in [0.3, 0.4) is 0 Å². The molecule has 0 aliphatic rings. The highest BCUT2D eigenvalue weighted by Gasteiger charge is 2.19. The number of ether oxygens (including phenoxy) is 1. The molecule has 0 spiro atoms. The van der Waals surface area contributed by atoms with E-state index in [1.165, 1.54) is 7.11 Å². The number of para-hydroxylation sites is 1. The Morgan fingerprint density at radius 2 is 2.12 bits per heavy atom. The average Bonchev–Trinajstić information content (AvgIpc) is 2.14. The van der Waals surface area contributed by atoms with E-state index in [9.17, 15) is 13.5 Å². The van der Waals surface area contributed by atoms with E-state index >= 15 is 0 Å². The molecule has 90 valence electrons. The fraction of sp³-hybridized carbons (Fsp3) is 0.400. The lowest BCUT2D eigenvalue weighted by molar-refractivity contribution is 0.196. The van der Waals surface area contributed by atoms with Crippen LogP contribution >= 0.6 is 15.9 Å². The van der Waals surface area contributed by atoms with Crippen LogP contribution in [0, 0.1) is 0 Å². The van der Waals surface area contributed by atoms with Gasteiger partial charge in [-0.2, -0.15) is 0 Å². The van der Waals surface area contributed by atoms with E-state index in [0.29, 0.717) is 15.8 Å². The lowest BCUT2D eigenvalue weighted by Gasteiger charge is -2.14. The monoisotopic (exact) mass is 308 g/mol. The van der Waals surface area contributed by atoms with E-state index in [2.05, 4.69) is 15.9 Å². The van der Waals surface area contributed by atoms with Gasteiger partial charge in [0.15, 0.2) is 0 Å². The Balaban J connectivity index is 3.08. The van der Waals surface area contributed by atoms with Crippen LogP contribution in [0.2, 0.25) is 0 Å². The number of sulfone groups is 1. The molecule has 1 aromatic rings. The van der Waals surface area contributed by atoms with E-state index in [-0.39, 0.29) is 5.75 Å². The first kappa shape index (κ1) is 13.5. The first-order valence-electron chi connectivity index (χ1n) is 4.53. The summed E-state index contributed by atoms with van der Waals surface area (Å²) in [6, 6.07) is 5.11. The Kier molecular flexibility index (Phi) is 4.35. The molecule has 4 nitrogen and oxygen atoms in total. The van der Waals surface area contributed by atoms with E-state index in [1.54, 1.807) is 18.2 Å². The normalized spacial score (nSPS) is 13.5. The van der Waals surface area contributed by atoms with Crippen molar-refractivity contribution in [2.45, 2.75) is 6.10 Å². The molecule has 0 aliphatic carbocycles. The van der Waals surface area contributed by atoms with Gasteiger partial charge >= 0.3 is 0 Å². The molecule has 0 radical (unpaired) electrons. The maximum Gasteiger partial charge on any atom is 0.150 e. The minimum Gasteiger partial charge on any atom is -0.495 e. The van der Waals surface area contributed by atoms with Gasteiger partial charge < -0.3 is 9.84 Å². The highest BCUT2D eigenvalue weighted by atomic mass is 79.9. The summed E-state index contributed by atoms with van der Waals surface area (Å²) in [6.07, 6.45) is 0.00294. The molecule has 0 saturated carbocycles. The lowest BCUT2D eigenvalue weighted by Crippen LogP contribution is -2.13. The van der Waals surface area contributed by atoms with Crippen molar-refractivity contribution < 1.29 is 18.3 Å². The summed E-state index contributed by atoms with van der Waals surface area (Å²) in [4.78, 5) is 0. The van der Waals surface area contributed by atoms with Crippen molar-refractivity contribution in [1.29, 1.82) is 0 Å². The molecule has 1 rings (SSSR count). The average molecular weight is 309 g/mol. The summed E-state index contributed by atoms with van der Waals surface area (Å²) in [5.41, 5.74) is 0.460. The van der Waals surface area contributed by atoms with Crippen LogP contribution in [-0.4, -0.2) is 32.6 Å². The van der Waals surface area contributed by atoms with E-state index < -0.39 is 15.9 Å². The second kappa shape index (κ2) is 5.16. The molecule has 0 fully saturated rings. The van der Waals surface area contributed by atoms with Crippen LogP contribution in [0.4, 0.5) is 0 Å². The first-order valence-corrected chi connectivity index (χ1v) is 7.38. The van der Waals surface area contributed by atoms with Gasteiger partial charge in [0.05, 0.1) is 23.4 Å². The lowest BCUT2D eigenvalue weighted by atomic mass is 10.1. The summed E-state index contributed by atoms with van der Waals surface area (Å²) in [5, 5.41) is 9.81. The van der Waals surface area contributed by atoms with Crippen molar-refractivity contribution >= 4 is 25.8 Å². The number of aliphatic hydroxyl groups is 1. The third-order valence-electron chi connectivity index (χ3n) is 2.02. The van der Waals surface area contributed by atoms with Gasteiger partial charge in [0.25, 0.3) is 0 Å². The Hall–Kier alpha value is -0.590. The number of aliphatic hydroxyl groups excluding tert-OH is 1. The summed E-state index contributed by atoms with van der Waals surface area (Å²) in [7, 11) is -1.76. The summed E-state index contributed by atoms with van der Waals surface area (Å²) >= 11 is 3.27. The van der Waals surface area contributed by atoms with E-state index in [0.717, 1.165) is 6.26 Å². The number of halogens is 1. The molecule has 0 bridgehead atoms. The van der Waals surface area contributed by atoms with Gasteiger partial charge in [-0.15, -0.1) is 0 Å². The zero-order valence-corrected chi connectivity index (χ0v) is 11.4. The summed E-state index contributed by atoms with van der Waals surface area (Å²) < 4.78 is 28.0. The Bertz CT molecular complexity index is 470. The predicted molar refractivity (Wildman–Crippen MR) is 65.4 cm³/mol. The molecule has 1 N–H and O–H groups in total. The van der Waals surface area contributed by atoms with Crippen molar-refractivity contribution in [3.63, 3.8) is 0 Å². The molecule has 0 aromatic heterocycles. The zero-order chi connectivity index (χ0) is 12.3. The topological polar surface area (TPSA) is 63.6 Å². The SMILES string of the molecule is COc1c(Br)cccc1C(O)CS(C)(=O)=O. The molecule has 16 heavy (non-hydrogen) atoms. The number of rotatable bonds is 4. The quantitative estimate of drug-likeness (QED) is 0.916. The van der Waals surface area contributed by atoms with Gasteiger partial charge in [0.2, 0.25) is 0 Å².